The molecule has 2 aliphatic heterocycles. The van der Waals surface area contributed by atoms with Crippen LogP contribution in [0.3, 0.4) is 0 Å². The van der Waals surface area contributed by atoms with E-state index in [1.807, 2.05) is 37.4 Å². The van der Waals surface area contributed by atoms with Gasteiger partial charge in [-0.25, -0.2) is 4.98 Å². The molecule has 0 saturated heterocycles. The summed E-state index contributed by atoms with van der Waals surface area (Å²) in [5, 5.41) is 3.32. The number of pyridine rings is 1. The first kappa shape index (κ1) is 14.5. The van der Waals surface area contributed by atoms with Crippen LogP contribution in [0.1, 0.15) is 0 Å². The minimum absolute atomic E-state index is 0. The molecule has 0 amide bonds. The molecule has 21 heavy (non-hydrogen) atoms. The van der Waals surface area contributed by atoms with Crippen molar-refractivity contribution in [3.05, 3.63) is 52.5 Å². The van der Waals surface area contributed by atoms with Crippen molar-refractivity contribution in [2.45, 2.75) is 0 Å². The Bertz CT molecular complexity index is 943. The summed E-state index contributed by atoms with van der Waals surface area (Å²) >= 11 is 12.3. The second-order valence-electron chi connectivity index (χ2n) is 4.89. The zero-order valence-electron chi connectivity index (χ0n) is 11.1. The van der Waals surface area contributed by atoms with Gasteiger partial charge in [-0.15, -0.1) is 12.4 Å². The first-order chi connectivity index (χ1) is 9.65. The molecule has 5 heteroatoms. The van der Waals surface area contributed by atoms with E-state index in [-0.39, 0.29) is 12.4 Å². The van der Waals surface area contributed by atoms with Gasteiger partial charge in [0.2, 0.25) is 0 Å². The number of para-hydroxylation sites is 1. The van der Waals surface area contributed by atoms with Gasteiger partial charge in [0.1, 0.15) is 0 Å². The summed E-state index contributed by atoms with van der Waals surface area (Å²) in [7, 11) is 2.03. The van der Waals surface area contributed by atoms with Crippen LogP contribution in [0.2, 0.25) is 10.0 Å². The van der Waals surface area contributed by atoms with E-state index < -0.39 is 0 Å². The Morgan fingerprint density at radius 3 is 2.52 bits per heavy atom. The van der Waals surface area contributed by atoms with E-state index in [1.54, 1.807) is 0 Å². The molecule has 2 aromatic rings. The fourth-order valence-corrected chi connectivity index (χ4v) is 3.10. The Kier molecular flexibility index (Phi) is 3.48. The Balaban J connectivity index is 0.00000132. The van der Waals surface area contributed by atoms with E-state index >= 15 is 0 Å². The van der Waals surface area contributed by atoms with Gasteiger partial charge in [-0.05, 0) is 24.3 Å². The molecule has 0 atom stereocenters. The molecule has 0 radical (unpaired) electrons. The number of nitrogens with zero attached hydrogens (tertiary/aromatic N) is 2. The van der Waals surface area contributed by atoms with Crippen LogP contribution in [0.15, 0.2) is 42.5 Å². The lowest BCUT2D eigenvalue weighted by Crippen LogP contribution is -1.98. The van der Waals surface area contributed by atoms with Crippen LogP contribution in [0, 0.1) is 0 Å². The lowest BCUT2D eigenvalue weighted by atomic mass is 10.1. The van der Waals surface area contributed by atoms with Crippen LogP contribution in [0.4, 0.5) is 0 Å². The minimum atomic E-state index is 0. The summed E-state index contributed by atoms with van der Waals surface area (Å²) in [4.78, 5) is 4.68. The van der Waals surface area contributed by atoms with Crippen LogP contribution in [-0.4, -0.2) is 9.55 Å². The number of fused-ring (bicyclic) bond motifs is 4. The molecule has 2 aromatic carbocycles. The zero-order chi connectivity index (χ0) is 13.9. The molecular formula is C16H11Cl3N2. The van der Waals surface area contributed by atoms with Gasteiger partial charge in [0.25, 0.3) is 0 Å². The smallest absolute Gasteiger partial charge is 0.0887 e. The second-order valence-corrected chi connectivity index (χ2v) is 5.71. The summed E-state index contributed by atoms with van der Waals surface area (Å²) in [5.41, 5.74) is 4.14. The average Bonchev–Trinajstić information content (AvgIpc) is 2.80. The first-order valence-corrected chi connectivity index (χ1v) is 7.03. The maximum absolute atomic E-state index is 6.14. The zero-order valence-corrected chi connectivity index (χ0v) is 13.4. The van der Waals surface area contributed by atoms with Crippen molar-refractivity contribution in [3.8, 4) is 11.4 Å². The van der Waals surface area contributed by atoms with Crippen molar-refractivity contribution >= 4 is 57.4 Å². The summed E-state index contributed by atoms with van der Waals surface area (Å²) in [5.74, 6) is 0. The maximum Gasteiger partial charge on any atom is 0.0887 e. The lowest BCUT2D eigenvalue weighted by molar-refractivity contribution is 0.967. The predicted molar refractivity (Wildman–Crippen MR) is 92.1 cm³/mol. The van der Waals surface area contributed by atoms with Gasteiger partial charge < -0.3 is 4.57 Å². The predicted octanol–water partition coefficient (Wildman–Crippen LogP) is 5.56. The minimum Gasteiger partial charge on any atom is -0.342 e. The van der Waals surface area contributed by atoms with Crippen molar-refractivity contribution in [1.29, 1.82) is 0 Å². The number of aryl methyl sites for hydroxylation is 1. The quantitative estimate of drug-likeness (QED) is 0.411. The number of rotatable bonds is 0. The maximum atomic E-state index is 6.14. The molecule has 0 N–H and O–H groups in total. The van der Waals surface area contributed by atoms with Crippen molar-refractivity contribution in [3.63, 3.8) is 0 Å². The highest BCUT2D eigenvalue weighted by atomic mass is 35.5. The lowest BCUT2D eigenvalue weighted by Gasteiger charge is -2.13. The van der Waals surface area contributed by atoms with E-state index in [0.29, 0.717) is 10.0 Å². The SMILES string of the molecule is Cl.Cn1c2c3ccccc3nc-2cc2cc(Cl)c(Cl)cc21. The van der Waals surface area contributed by atoms with Gasteiger partial charge in [-0.2, -0.15) is 0 Å². The highest BCUT2D eigenvalue weighted by Gasteiger charge is 2.16. The fraction of sp³-hybridized carbons (Fsp3) is 0.0625. The molecular weight excluding hydrogens is 327 g/mol. The molecule has 0 aromatic heterocycles. The van der Waals surface area contributed by atoms with Gasteiger partial charge in [-0.3, -0.25) is 0 Å². The third-order valence-electron chi connectivity index (χ3n) is 3.70. The van der Waals surface area contributed by atoms with E-state index in [2.05, 4.69) is 21.7 Å². The van der Waals surface area contributed by atoms with Crippen LogP contribution in [0.25, 0.3) is 33.2 Å². The number of aromatic nitrogens is 2. The number of hydrogen-bond acceptors (Lipinski definition) is 1. The normalized spacial score (nSPS) is 11.2. The number of benzene rings is 2. The number of hydrogen-bond donors (Lipinski definition) is 0. The van der Waals surface area contributed by atoms with Crippen LogP contribution < -0.4 is 0 Å². The monoisotopic (exact) mass is 336 g/mol. The first-order valence-electron chi connectivity index (χ1n) is 6.28. The standard InChI is InChI=1S/C16H10Cl2N2.ClH/c1-20-15-8-12(18)11(17)6-9(15)7-14-16(20)10-4-2-3-5-13(10)19-14;/h2-8H,1H3;1H. The van der Waals surface area contributed by atoms with E-state index in [0.717, 1.165) is 33.2 Å². The van der Waals surface area contributed by atoms with E-state index in [1.165, 1.54) is 0 Å². The summed E-state index contributed by atoms with van der Waals surface area (Å²) in [6, 6.07) is 14.0. The van der Waals surface area contributed by atoms with Crippen LogP contribution >= 0.6 is 35.6 Å². The van der Waals surface area contributed by atoms with Crippen molar-refractivity contribution in [2.24, 2.45) is 7.05 Å². The molecule has 0 aliphatic carbocycles. The van der Waals surface area contributed by atoms with Gasteiger partial charge >= 0.3 is 0 Å². The van der Waals surface area contributed by atoms with Crippen molar-refractivity contribution < 1.29 is 0 Å². The molecule has 0 unspecified atom stereocenters. The molecule has 0 bridgehead atoms. The molecule has 0 fully saturated rings. The molecule has 2 nitrogen and oxygen atoms in total. The Morgan fingerprint density at radius 1 is 1.00 bits per heavy atom. The molecule has 106 valence electrons. The summed E-state index contributed by atoms with van der Waals surface area (Å²) in [6.45, 7) is 0. The Morgan fingerprint density at radius 2 is 1.71 bits per heavy atom. The molecule has 2 heterocycles. The molecule has 0 saturated carbocycles. The third-order valence-corrected chi connectivity index (χ3v) is 4.42. The fourth-order valence-electron chi connectivity index (χ4n) is 2.77. The highest BCUT2D eigenvalue weighted by molar-refractivity contribution is 6.42. The number of halogens is 3. The third kappa shape index (κ3) is 2.06. The Hall–Kier alpha value is -1.48. The molecule has 4 rings (SSSR count). The summed E-state index contributed by atoms with van der Waals surface area (Å²) < 4.78 is 2.13. The van der Waals surface area contributed by atoms with Gasteiger partial charge in [-0.1, -0.05) is 41.4 Å². The van der Waals surface area contributed by atoms with Crippen LogP contribution in [-0.2, 0) is 7.05 Å². The van der Waals surface area contributed by atoms with Crippen molar-refractivity contribution in [2.75, 3.05) is 0 Å². The van der Waals surface area contributed by atoms with Crippen molar-refractivity contribution in [1.82, 2.24) is 9.55 Å². The van der Waals surface area contributed by atoms with Gasteiger partial charge in [0.15, 0.2) is 0 Å². The van der Waals surface area contributed by atoms with Gasteiger partial charge in [0, 0.05) is 23.3 Å². The summed E-state index contributed by atoms with van der Waals surface area (Å²) in [6.07, 6.45) is 0. The van der Waals surface area contributed by atoms with E-state index in [9.17, 15) is 0 Å². The molecule has 0 spiro atoms. The van der Waals surface area contributed by atoms with Crippen LogP contribution in [0.5, 0.6) is 0 Å². The topological polar surface area (TPSA) is 17.8 Å². The molecule has 2 aliphatic rings. The highest BCUT2D eigenvalue weighted by Crippen LogP contribution is 2.36. The Labute approximate surface area is 138 Å². The second kappa shape index (κ2) is 5.06. The van der Waals surface area contributed by atoms with Gasteiger partial charge in [0.05, 0.1) is 26.9 Å². The average molecular weight is 338 g/mol. The van der Waals surface area contributed by atoms with E-state index in [4.69, 9.17) is 23.2 Å². The largest absolute Gasteiger partial charge is 0.342 e.